The van der Waals surface area contributed by atoms with Crippen LogP contribution in [0.1, 0.15) is 44.2 Å². The largest absolute Gasteiger partial charge is 0.493 e. The molecule has 2 amide bonds. The number of benzene rings is 1. The van der Waals surface area contributed by atoms with Crippen molar-refractivity contribution in [2.45, 2.75) is 51.6 Å². The third-order valence-electron chi connectivity index (χ3n) is 5.89. The highest BCUT2D eigenvalue weighted by atomic mass is 16.5. The first kappa shape index (κ1) is 19.8. The fourth-order valence-electron chi connectivity index (χ4n) is 4.07. The fraction of sp³-hybridized carbons (Fsp3) is 0.667. The average Bonchev–Trinajstić information content (AvgIpc) is 2.71. The molecule has 0 bridgehead atoms. The van der Waals surface area contributed by atoms with Gasteiger partial charge in [0.2, 0.25) is 0 Å². The number of piperidine rings is 1. The maximum absolute atomic E-state index is 12.8. The molecule has 0 saturated carbocycles. The predicted octanol–water partition coefficient (Wildman–Crippen LogP) is 3.04. The summed E-state index contributed by atoms with van der Waals surface area (Å²) >= 11 is 0. The Balaban J connectivity index is 1.60. The third-order valence-corrected chi connectivity index (χ3v) is 5.89. The molecule has 2 heterocycles. The quantitative estimate of drug-likeness (QED) is 0.859. The van der Waals surface area contributed by atoms with E-state index in [2.05, 4.69) is 24.1 Å². The summed E-state index contributed by atoms with van der Waals surface area (Å²) in [5, 5.41) is 3.16. The molecule has 0 spiro atoms. The Morgan fingerprint density at radius 2 is 1.67 bits per heavy atom. The molecular formula is C21H33N3O3. The van der Waals surface area contributed by atoms with E-state index in [1.807, 2.05) is 17.0 Å². The van der Waals surface area contributed by atoms with Crippen molar-refractivity contribution in [3.8, 4) is 11.5 Å². The Kier molecular flexibility index (Phi) is 6.15. The maximum atomic E-state index is 12.8. The average molecular weight is 376 g/mol. The lowest BCUT2D eigenvalue weighted by molar-refractivity contribution is 0.0935. The monoisotopic (exact) mass is 375 g/mol. The molecule has 2 aliphatic rings. The number of fused-ring (bicyclic) bond motifs is 1. The van der Waals surface area contributed by atoms with Crippen molar-refractivity contribution in [3.05, 3.63) is 23.3 Å². The molecule has 0 radical (unpaired) electrons. The van der Waals surface area contributed by atoms with Gasteiger partial charge in [0.1, 0.15) is 0 Å². The number of amides is 2. The van der Waals surface area contributed by atoms with Crippen molar-refractivity contribution < 1.29 is 14.3 Å². The molecule has 27 heavy (non-hydrogen) atoms. The van der Waals surface area contributed by atoms with E-state index < -0.39 is 0 Å². The second-order valence-electron chi connectivity index (χ2n) is 8.17. The Labute approximate surface area is 162 Å². The molecule has 1 saturated heterocycles. The van der Waals surface area contributed by atoms with Crippen LogP contribution in [0, 0.1) is 0 Å². The molecule has 3 rings (SSSR count). The molecule has 1 aromatic rings. The molecule has 0 aromatic heterocycles. The van der Waals surface area contributed by atoms with Crippen LogP contribution in [0.15, 0.2) is 12.1 Å². The van der Waals surface area contributed by atoms with Gasteiger partial charge >= 0.3 is 6.03 Å². The minimum absolute atomic E-state index is 0.0135. The Hall–Kier alpha value is -1.95. The summed E-state index contributed by atoms with van der Waals surface area (Å²) in [5.41, 5.74) is 2.34. The van der Waals surface area contributed by atoms with E-state index in [-0.39, 0.29) is 11.6 Å². The zero-order chi connectivity index (χ0) is 19.4. The summed E-state index contributed by atoms with van der Waals surface area (Å²) in [4.78, 5) is 17.1. The van der Waals surface area contributed by atoms with Crippen molar-refractivity contribution in [3.63, 3.8) is 0 Å². The third kappa shape index (κ3) is 4.49. The summed E-state index contributed by atoms with van der Waals surface area (Å²) in [7, 11) is 3.29. The number of urea groups is 1. The van der Waals surface area contributed by atoms with E-state index in [0.29, 0.717) is 18.8 Å². The van der Waals surface area contributed by atoms with E-state index >= 15 is 0 Å². The molecule has 6 nitrogen and oxygen atoms in total. The molecule has 0 unspecified atom stereocenters. The fourth-order valence-corrected chi connectivity index (χ4v) is 4.07. The van der Waals surface area contributed by atoms with Crippen LogP contribution in [0.3, 0.4) is 0 Å². The van der Waals surface area contributed by atoms with Gasteiger partial charge in [0.15, 0.2) is 11.5 Å². The first-order valence-corrected chi connectivity index (χ1v) is 9.96. The first-order chi connectivity index (χ1) is 12.9. The number of nitrogens with one attached hydrogen (secondary N) is 1. The normalized spacial score (nSPS) is 18.0. The topological polar surface area (TPSA) is 54.0 Å². The van der Waals surface area contributed by atoms with Crippen LogP contribution in [0.25, 0.3) is 0 Å². The zero-order valence-corrected chi connectivity index (χ0v) is 17.1. The standard InChI is InChI=1S/C21H33N3O3/c1-21(2,24-9-6-5-7-10-24)15-22-20(25)23-11-8-16-12-18(26-3)19(27-4)13-17(16)14-23/h12-13H,5-11,14-15H2,1-4H3,(H,22,25). The molecule has 1 aromatic carbocycles. The summed E-state index contributed by atoms with van der Waals surface area (Å²) < 4.78 is 10.8. The number of hydrogen-bond donors (Lipinski definition) is 1. The van der Waals surface area contributed by atoms with Gasteiger partial charge in [-0.3, -0.25) is 4.90 Å². The number of nitrogens with zero attached hydrogens (tertiary/aromatic N) is 2. The van der Waals surface area contributed by atoms with Crippen LogP contribution in [0.2, 0.25) is 0 Å². The van der Waals surface area contributed by atoms with Gasteiger partial charge in [-0.05, 0) is 69.5 Å². The number of carbonyl (C=O) groups is 1. The van der Waals surface area contributed by atoms with Gasteiger partial charge in [0.25, 0.3) is 0 Å². The lowest BCUT2D eigenvalue weighted by Gasteiger charge is -2.41. The lowest BCUT2D eigenvalue weighted by Crippen LogP contribution is -2.55. The Bertz CT molecular complexity index is 669. The summed E-state index contributed by atoms with van der Waals surface area (Å²) in [6.45, 7) is 8.69. The number of rotatable bonds is 5. The van der Waals surface area contributed by atoms with Crippen LogP contribution in [0.5, 0.6) is 11.5 Å². The molecule has 2 aliphatic heterocycles. The van der Waals surface area contributed by atoms with Crippen molar-refractivity contribution in [2.24, 2.45) is 0 Å². The van der Waals surface area contributed by atoms with Gasteiger partial charge in [-0.1, -0.05) is 6.42 Å². The molecule has 150 valence electrons. The summed E-state index contributed by atoms with van der Waals surface area (Å²) in [6.07, 6.45) is 4.66. The highest BCUT2D eigenvalue weighted by molar-refractivity contribution is 5.74. The first-order valence-electron chi connectivity index (χ1n) is 9.96. The van der Waals surface area contributed by atoms with Gasteiger partial charge in [-0.25, -0.2) is 4.79 Å². The van der Waals surface area contributed by atoms with Crippen LogP contribution in [-0.2, 0) is 13.0 Å². The minimum Gasteiger partial charge on any atom is -0.493 e. The minimum atomic E-state index is -0.0135. The molecule has 1 fully saturated rings. The number of likely N-dealkylation sites (tertiary alicyclic amines) is 1. The van der Waals surface area contributed by atoms with E-state index in [0.717, 1.165) is 37.4 Å². The van der Waals surface area contributed by atoms with E-state index in [9.17, 15) is 4.79 Å². The SMILES string of the molecule is COc1cc2c(cc1OC)CN(C(=O)NCC(C)(C)N1CCCCC1)CC2. The summed E-state index contributed by atoms with van der Waals surface area (Å²) in [5.74, 6) is 1.46. The molecule has 6 heteroatoms. The van der Waals surface area contributed by atoms with Crippen molar-refractivity contribution in [2.75, 3.05) is 40.4 Å². The van der Waals surface area contributed by atoms with Crippen molar-refractivity contribution in [1.82, 2.24) is 15.1 Å². The maximum Gasteiger partial charge on any atom is 0.317 e. The number of carbonyl (C=O) groups excluding carboxylic acids is 1. The highest BCUT2D eigenvalue weighted by Crippen LogP contribution is 2.33. The Morgan fingerprint density at radius 3 is 2.30 bits per heavy atom. The highest BCUT2D eigenvalue weighted by Gasteiger charge is 2.29. The van der Waals surface area contributed by atoms with E-state index in [1.54, 1.807) is 14.2 Å². The van der Waals surface area contributed by atoms with Gasteiger partial charge in [0, 0.05) is 25.2 Å². The van der Waals surface area contributed by atoms with Crippen LogP contribution in [-0.4, -0.2) is 61.8 Å². The number of methoxy groups -OCH3 is 2. The van der Waals surface area contributed by atoms with Crippen molar-refractivity contribution in [1.29, 1.82) is 0 Å². The van der Waals surface area contributed by atoms with Crippen LogP contribution >= 0.6 is 0 Å². The van der Waals surface area contributed by atoms with Gasteiger partial charge < -0.3 is 19.7 Å². The molecular weight excluding hydrogens is 342 g/mol. The van der Waals surface area contributed by atoms with Crippen LogP contribution < -0.4 is 14.8 Å². The predicted molar refractivity (Wildman–Crippen MR) is 107 cm³/mol. The summed E-state index contributed by atoms with van der Waals surface area (Å²) in [6, 6.07) is 4.04. The molecule has 0 atom stereocenters. The van der Waals surface area contributed by atoms with Gasteiger partial charge in [-0.15, -0.1) is 0 Å². The second-order valence-corrected chi connectivity index (χ2v) is 8.17. The number of ether oxygens (including phenoxy) is 2. The molecule has 0 aliphatic carbocycles. The smallest absolute Gasteiger partial charge is 0.317 e. The Morgan fingerprint density at radius 1 is 1.04 bits per heavy atom. The van der Waals surface area contributed by atoms with Gasteiger partial charge in [0.05, 0.1) is 14.2 Å². The second kappa shape index (κ2) is 8.38. The van der Waals surface area contributed by atoms with Crippen LogP contribution in [0.4, 0.5) is 4.79 Å². The molecule has 1 N–H and O–H groups in total. The van der Waals surface area contributed by atoms with E-state index in [4.69, 9.17) is 9.47 Å². The van der Waals surface area contributed by atoms with Gasteiger partial charge in [-0.2, -0.15) is 0 Å². The lowest BCUT2D eigenvalue weighted by atomic mass is 9.98. The van der Waals surface area contributed by atoms with Crippen molar-refractivity contribution >= 4 is 6.03 Å². The zero-order valence-electron chi connectivity index (χ0n) is 17.1. The number of hydrogen-bond acceptors (Lipinski definition) is 4. The van der Waals surface area contributed by atoms with E-state index in [1.165, 1.54) is 24.8 Å².